The molecule has 1 saturated carbocycles. The maximum Gasteiger partial charge on any atom is 0.305 e. The summed E-state index contributed by atoms with van der Waals surface area (Å²) in [5, 5.41) is 13.6. The SMILES string of the molecule is C[C@@H]1C[C@@H]1C(=O)N[C@H](CC(=O)O)c1cccs1. The largest absolute Gasteiger partial charge is 0.481 e. The summed E-state index contributed by atoms with van der Waals surface area (Å²) in [6.45, 7) is 2.03. The van der Waals surface area contributed by atoms with Crippen molar-refractivity contribution in [1.29, 1.82) is 0 Å². The van der Waals surface area contributed by atoms with Crippen LogP contribution in [0.15, 0.2) is 17.5 Å². The van der Waals surface area contributed by atoms with Gasteiger partial charge in [0.15, 0.2) is 0 Å². The van der Waals surface area contributed by atoms with Crippen LogP contribution in [-0.4, -0.2) is 17.0 Å². The van der Waals surface area contributed by atoms with Crippen LogP contribution in [0.25, 0.3) is 0 Å². The Kier molecular flexibility index (Phi) is 3.47. The van der Waals surface area contributed by atoms with E-state index in [1.165, 1.54) is 11.3 Å². The first-order valence-electron chi connectivity index (χ1n) is 5.63. The molecule has 0 unspecified atom stereocenters. The molecule has 1 amide bonds. The van der Waals surface area contributed by atoms with Crippen molar-refractivity contribution in [3.8, 4) is 0 Å². The van der Waals surface area contributed by atoms with Crippen LogP contribution in [0, 0.1) is 11.8 Å². The molecule has 0 bridgehead atoms. The molecule has 0 aliphatic heterocycles. The lowest BCUT2D eigenvalue weighted by atomic mass is 10.1. The highest BCUT2D eigenvalue weighted by Crippen LogP contribution is 2.38. The Morgan fingerprint density at radius 1 is 1.65 bits per heavy atom. The van der Waals surface area contributed by atoms with E-state index in [2.05, 4.69) is 5.32 Å². The average Bonchev–Trinajstić information content (AvgIpc) is 2.80. The zero-order valence-electron chi connectivity index (χ0n) is 9.55. The molecule has 4 nitrogen and oxygen atoms in total. The second kappa shape index (κ2) is 4.87. The van der Waals surface area contributed by atoms with E-state index in [1.807, 2.05) is 24.4 Å². The van der Waals surface area contributed by atoms with E-state index in [-0.39, 0.29) is 18.2 Å². The molecule has 1 aliphatic rings. The fraction of sp³-hybridized carbons (Fsp3) is 0.500. The Morgan fingerprint density at radius 2 is 2.35 bits per heavy atom. The highest BCUT2D eigenvalue weighted by Gasteiger charge is 2.40. The molecule has 17 heavy (non-hydrogen) atoms. The van der Waals surface area contributed by atoms with Gasteiger partial charge in [-0.25, -0.2) is 0 Å². The number of carbonyl (C=O) groups is 2. The van der Waals surface area contributed by atoms with Crippen molar-refractivity contribution >= 4 is 23.2 Å². The first kappa shape index (κ1) is 12.1. The summed E-state index contributed by atoms with van der Waals surface area (Å²) in [7, 11) is 0. The number of hydrogen-bond acceptors (Lipinski definition) is 3. The summed E-state index contributed by atoms with van der Waals surface area (Å²) in [5.74, 6) is -0.403. The van der Waals surface area contributed by atoms with Crippen LogP contribution >= 0.6 is 11.3 Å². The lowest BCUT2D eigenvalue weighted by molar-refractivity contribution is -0.137. The van der Waals surface area contributed by atoms with Gasteiger partial charge in [0.25, 0.3) is 0 Å². The molecule has 0 radical (unpaired) electrons. The molecular formula is C12H15NO3S. The van der Waals surface area contributed by atoms with Crippen LogP contribution in [0.2, 0.25) is 0 Å². The normalized spacial score (nSPS) is 24.1. The van der Waals surface area contributed by atoms with E-state index in [0.29, 0.717) is 5.92 Å². The number of nitrogens with one attached hydrogen (secondary N) is 1. The summed E-state index contributed by atoms with van der Waals surface area (Å²) in [6.07, 6.45) is 0.851. The van der Waals surface area contributed by atoms with Crippen molar-refractivity contribution in [3.05, 3.63) is 22.4 Å². The quantitative estimate of drug-likeness (QED) is 0.843. The summed E-state index contributed by atoms with van der Waals surface area (Å²) < 4.78 is 0. The highest BCUT2D eigenvalue weighted by atomic mass is 32.1. The van der Waals surface area contributed by atoms with Gasteiger partial charge in [-0.05, 0) is 23.8 Å². The zero-order valence-corrected chi connectivity index (χ0v) is 10.4. The third-order valence-electron chi connectivity index (χ3n) is 3.03. The minimum Gasteiger partial charge on any atom is -0.481 e. The number of hydrogen-bond donors (Lipinski definition) is 2. The Labute approximate surface area is 104 Å². The molecule has 1 fully saturated rings. The molecule has 1 aromatic heterocycles. The van der Waals surface area contributed by atoms with E-state index in [9.17, 15) is 9.59 Å². The summed E-state index contributed by atoms with van der Waals surface area (Å²) in [6, 6.07) is 3.32. The molecule has 0 aromatic carbocycles. The summed E-state index contributed by atoms with van der Waals surface area (Å²) >= 11 is 1.47. The number of thiophene rings is 1. The highest BCUT2D eigenvalue weighted by molar-refractivity contribution is 7.10. The lowest BCUT2D eigenvalue weighted by Crippen LogP contribution is -2.31. The van der Waals surface area contributed by atoms with E-state index in [4.69, 9.17) is 5.11 Å². The number of amides is 1. The Balaban J connectivity index is 2.00. The van der Waals surface area contributed by atoms with Gasteiger partial charge in [0.05, 0.1) is 12.5 Å². The first-order chi connectivity index (χ1) is 8.08. The maximum atomic E-state index is 11.8. The van der Waals surface area contributed by atoms with Gasteiger partial charge in [-0.15, -0.1) is 11.3 Å². The Bertz CT molecular complexity index is 415. The van der Waals surface area contributed by atoms with Crippen molar-refractivity contribution in [1.82, 2.24) is 5.32 Å². The second-order valence-electron chi connectivity index (χ2n) is 4.49. The molecule has 92 valence electrons. The lowest BCUT2D eigenvalue weighted by Gasteiger charge is -2.15. The minimum absolute atomic E-state index is 0.0165. The molecular weight excluding hydrogens is 238 g/mol. The van der Waals surface area contributed by atoms with Crippen molar-refractivity contribution in [2.75, 3.05) is 0 Å². The van der Waals surface area contributed by atoms with Gasteiger partial charge < -0.3 is 10.4 Å². The number of carboxylic acid groups (broad SMARTS) is 1. The van der Waals surface area contributed by atoms with Crippen LogP contribution in [0.5, 0.6) is 0 Å². The minimum atomic E-state index is -0.896. The van der Waals surface area contributed by atoms with Crippen LogP contribution in [0.4, 0.5) is 0 Å². The fourth-order valence-electron chi connectivity index (χ4n) is 1.85. The van der Waals surface area contributed by atoms with Crippen LogP contribution < -0.4 is 5.32 Å². The summed E-state index contributed by atoms with van der Waals surface area (Å²) in [4.78, 5) is 23.5. The maximum absolute atomic E-state index is 11.8. The predicted octanol–water partition coefficient (Wildman–Crippen LogP) is 2.04. The van der Waals surface area contributed by atoms with Gasteiger partial charge in [-0.1, -0.05) is 13.0 Å². The Hall–Kier alpha value is -1.36. The monoisotopic (exact) mass is 253 g/mol. The molecule has 1 aliphatic carbocycles. The van der Waals surface area contributed by atoms with E-state index >= 15 is 0 Å². The summed E-state index contributed by atoms with van der Waals surface area (Å²) in [5.41, 5.74) is 0. The number of aliphatic carboxylic acids is 1. The number of carboxylic acids is 1. The van der Waals surface area contributed by atoms with Gasteiger partial charge in [-0.3, -0.25) is 9.59 Å². The van der Waals surface area contributed by atoms with E-state index in [0.717, 1.165) is 11.3 Å². The fourth-order valence-corrected chi connectivity index (χ4v) is 2.63. The van der Waals surface area contributed by atoms with Gasteiger partial charge in [0.2, 0.25) is 5.91 Å². The molecule has 1 heterocycles. The smallest absolute Gasteiger partial charge is 0.305 e. The third kappa shape index (κ3) is 3.06. The van der Waals surface area contributed by atoms with Crippen LogP contribution in [-0.2, 0) is 9.59 Å². The standard InChI is InChI=1S/C12H15NO3S/c1-7-5-8(7)12(16)13-9(6-11(14)15)10-3-2-4-17-10/h2-4,7-9H,5-6H2,1H3,(H,13,16)(H,14,15)/t7-,8+,9-/m1/s1. The first-order valence-corrected chi connectivity index (χ1v) is 6.51. The van der Waals surface area contributed by atoms with Crippen molar-refractivity contribution in [3.63, 3.8) is 0 Å². The molecule has 3 atom stereocenters. The number of carbonyl (C=O) groups excluding carboxylic acids is 1. The molecule has 2 N–H and O–H groups in total. The molecule has 0 saturated heterocycles. The number of rotatable bonds is 5. The van der Waals surface area contributed by atoms with Gasteiger partial charge >= 0.3 is 5.97 Å². The topological polar surface area (TPSA) is 66.4 Å². The van der Waals surface area contributed by atoms with Crippen molar-refractivity contribution in [2.24, 2.45) is 11.8 Å². The molecule has 5 heteroatoms. The van der Waals surface area contributed by atoms with E-state index < -0.39 is 12.0 Å². The second-order valence-corrected chi connectivity index (χ2v) is 5.47. The van der Waals surface area contributed by atoms with Crippen LogP contribution in [0.1, 0.15) is 30.7 Å². The molecule has 2 rings (SSSR count). The van der Waals surface area contributed by atoms with Crippen LogP contribution in [0.3, 0.4) is 0 Å². The van der Waals surface area contributed by atoms with E-state index in [1.54, 1.807) is 0 Å². The molecule has 0 spiro atoms. The van der Waals surface area contributed by atoms with Gasteiger partial charge in [0.1, 0.15) is 0 Å². The van der Waals surface area contributed by atoms with Crippen molar-refractivity contribution < 1.29 is 14.7 Å². The van der Waals surface area contributed by atoms with Crippen molar-refractivity contribution in [2.45, 2.75) is 25.8 Å². The van der Waals surface area contributed by atoms with Gasteiger partial charge in [0, 0.05) is 10.8 Å². The van der Waals surface area contributed by atoms with Gasteiger partial charge in [-0.2, -0.15) is 0 Å². The predicted molar refractivity (Wildman–Crippen MR) is 64.7 cm³/mol. The Morgan fingerprint density at radius 3 is 2.82 bits per heavy atom. The third-order valence-corrected chi connectivity index (χ3v) is 4.01. The molecule has 1 aromatic rings. The average molecular weight is 253 g/mol. The zero-order chi connectivity index (χ0) is 12.4.